The normalized spacial score (nSPS) is 20.1. The van der Waals surface area contributed by atoms with Crippen molar-refractivity contribution >= 4 is 17.7 Å². The summed E-state index contributed by atoms with van der Waals surface area (Å²) in [5.74, 6) is -0.504. The summed E-state index contributed by atoms with van der Waals surface area (Å²) in [5, 5.41) is 9.22. The molecule has 1 aliphatic heterocycles. The molecule has 0 aliphatic carbocycles. The first-order chi connectivity index (χ1) is 11.7. The molecule has 1 unspecified atom stereocenters. The van der Waals surface area contributed by atoms with Crippen molar-refractivity contribution in [1.29, 1.82) is 0 Å². The number of Topliss-reactive ketones (excluding diaryl/α,β-unsaturated/α-hetero) is 1. The fourth-order valence-electron chi connectivity index (χ4n) is 3.17. The van der Waals surface area contributed by atoms with Crippen LogP contribution < -0.4 is 0 Å². The monoisotopic (exact) mass is 345 g/mol. The standard InChI is InChI=1S/C20H27NO4/c1-14(2)12-15-4-6-16(7-5-15)17(22)8-9-18(23)21-11-10-20(3,13-21)19(24)25/h4-7,14H,8-13H2,1-3H3,(H,24,25). The summed E-state index contributed by atoms with van der Waals surface area (Å²) in [6, 6.07) is 7.57. The number of carboxylic acid groups (broad SMARTS) is 1. The van der Waals surface area contributed by atoms with Crippen molar-refractivity contribution in [3.05, 3.63) is 35.4 Å². The largest absolute Gasteiger partial charge is 0.481 e. The maximum Gasteiger partial charge on any atom is 0.311 e. The molecule has 5 heteroatoms. The molecular weight excluding hydrogens is 318 g/mol. The third kappa shape index (κ3) is 4.91. The SMILES string of the molecule is CC(C)Cc1ccc(C(=O)CCC(=O)N2CCC(C)(C(=O)O)C2)cc1. The van der Waals surface area contributed by atoms with Crippen LogP contribution in [-0.2, 0) is 16.0 Å². The van der Waals surface area contributed by atoms with Crippen LogP contribution in [0.2, 0.25) is 0 Å². The van der Waals surface area contributed by atoms with Crippen LogP contribution in [0, 0.1) is 11.3 Å². The Bertz CT molecular complexity index is 650. The van der Waals surface area contributed by atoms with E-state index in [2.05, 4.69) is 13.8 Å². The van der Waals surface area contributed by atoms with Gasteiger partial charge in [0.2, 0.25) is 5.91 Å². The number of ketones is 1. The van der Waals surface area contributed by atoms with Gasteiger partial charge in [0, 0.05) is 31.5 Å². The van der Waals surface area contributed by atoms with E-state index in [1.165, 1.54) is 5.56 Å². The maximum atomic E-state index is 12.3. The van der Waals surface area contributed by atoms with E-state index in [0.717, 1.165) is 6.42 Å². The Morgan fingerprint density at radius 1 is 1.16 bits per heavy atom. The van der Waals surface area contributed by atoms with Gasteiger partial charge in [-0.2, -0.15) is 0 Å². The number of aliphatic carboxylic acids is 1. The highest BCUT2D eigenvalue weighted by atomic mass is 16.4. The van der Waals surface area contributed by atoms with Gasteiger partial charge < -0.3 is 10.0 Å². The van der Waals surface area contributed by atoms with Gasteiger partial charge >= 0.3 is 5.97 Å². The summed E-state index contributed by atoms with van der Waals surface area (Å²) < 4.78 is 0. The zero-order valence-electron chi connectivity index (χ0n) is 15.2. The molecule has 1 N–H and O–H groups in total. The van der Waals surface area contributed by atoms with Gasteiger partial charge in [-0.25, -0.2) is 0 Å². The number of rotatable bonds is 7. The van der Waals surface area contributed by atoms with E-state index in [0.29, 0.717) is 24.4 Å². The van der Waals surface area contributed by atoms with E-state index in [9.17, 15) is 19.5 Å². The Morgan fingerprint density at radius 3 is 2.32 bits per heavy atom. The molecule has 5 nitrogen and oxygen atoms in total. The third-order valence-electron chi connectivity index (χ3n) is 4.83. The highest BCUT2D eigenvalue weighted by Crippen LogP contribution is 2.30. The number of amides is 1. The smallest absolute Gasteiger partial charge is 0.311 e. The minimum Gasteiger partial charge on any atom is -0.481 e. The number of benzene rings is 1. The van der Waals surface area contributed by atoms with Gasteiger partial charge in [-0.3, -0.25) is 14.4 Å². The van der Waals surface area contributed by atoms with Gasteiger partial charge in [0.1, 0.15) is 0 Å². The molecular formula is C20H27NO4. The molecule has 136 valence electrons. The van der Waals surface area contributed by atoms with Crippen LogP contribution in [0.25, 0.3) is 0 Å². The lowest BCUT2D eigenvalue weighted by atomic mass is 9.90. The number of hydrogen-bond donors (Lipinski definition) is 1. The van der Waals surface area contributed by atoms with Gasteiger partial charge in [-0.15, -0.1) is 0 Å². The first-order valence-electron chi connectivity index (χ1n) is 8.84. The lowest BCUT2D eigenvalue weighted by Gasteiger charge is -2.20. The van der Waals surface area contributed by atoms with Gasteiger partial charge in [0.25, 0.3) is 0 Å². The second kappa shape index (κ2) is 7.81. The Kier molecular flexibility index (Phi) is 5.98. The molecule has 2 rings (SSSR count). The van der Waals surface area contributed by atoms with Gasteiger partial charge in [-0.1, -0.05) is 38.1 Å². The van der Waals surface area contributed by atoms with Gasteiger partial charge in [0.15, 0.2) is 5.78 Å². The number of carboxylic acids is 1. The summed E-state index contributed by atoms with van der Waals surface area (Å²) in [6.07, 6.45) is 1.72. The fourth-order valence-corrected chi connectivity index (χ4v) is 3.17. The Balaban J connectivity index is 1.85. The van der Waals surface area contributed by atoms with Crippen molar-refractivity contribution in [2.75, 3.05) is 13.1 Å². The predicted octanol–water partition coefficient (Wildman–Crippen LogP) is 3.17. The summed E-state index contributed by atoms with van der Waals surface area (Å²) in [4.78, 5) is 37.3. The lowest BCUT2D eigenvalue weighted by molar-refractivity contribution is -0.147. The lowest BCUT2D eigenvalue weighted by Crippen LogP contribution is -2.34. The van der Waals surface area contributed by atoms with Crippen molar-refractivity contribution in [3.63, 3.8) is 0 Å². The molecule has 1 aromatic carbocycles. The van der Waals surface area contributed by atoms with Crippen LogP contribution in [0.1, 0.15) is 56.0 Å². The molecule has 0 saturated carbocycles. The molecule has 1 aliphatic rings. The predicted molar refractivity (Wildman–Crippen MR) is 95.5 cm³/mol. The van der Waals surface area contributed by atoms with E-state index >= 15 is 0 Å². The van der Waals surface area contributed by atoms with E-state index in [1.54, 1.807) is 11.8 Å². The van der Waals surface area contributed by atoms with Crippen LogP contribution >= 0.6 is 0 Å². The highest BCUT2D eigenvalue weighted by molar-refractivity contribution is 5.98. The van der Waals surface area contributed by atoms with E-state index < -0.39 is 11.4 Å². The summed E-state index contributed by atoms with van der Waals surface area (Å²) in [5.41, 5.74) is 0.955. The molecule has 25 heavy (non-hydrogen) atoms. The topological polar surface area (TPSA) is 74.7 Å². The molecule has 1 saturated heterocycles. The van der Waals surface area contributed by atoms with Gasteiger partial charge in [-0.05, 0) is 31.2 Å². The maximum absolute atomic E-state index is 12.3. The zero-order valence-corrected chi connectivity index (χ0v) is 15.2. The second-order valence-corrected chi connectivity index (χ2v) is 7.65. The van der Waals surface area contributed by atoms with Crippen LogP contribution in [0.4, 0.5) is 0 Å². The molecule has 1 fully saturated rings. The van der Waals surface area contributed by atoms with Crippen LogP contribution in [0.3, 0.4) is 0 Å². The fraction of sp³-hybridized carbons (Fsp3) is 0.550. The Morgan fingerprint density at radius 2 is 1.80 bits per heavy atom. The van der Waals surface area contributed by atoms with Gasteiger partial charge in [0.05, 0.1) is 5.41 Å². The molecule has 1 aromatic rings. The van der Waals surface area contributed by atoms with Crippen molar-refractivity contribution in [1.82, 2.24) is 4.90 Å². The van der Waals surface area contributed by atoms with E-state index in [-0.39, 0.29) is 31.1 Å². The number of likely N-dealkylation sites (tertiary alicyclic amines) is 1. The molecule has 1 heterocycles. The first-order valence-corrected chi connectivity index (χ1v) is 8.84. The Hall–Kier alpha value is -2.17. The molecule has 0 bridgehead atoms. The first kappa shape index (κ1) is 19.2. The van der Waals surface area contributed by atoms with Crippen molar-refractivity contribution < 1.29 is 19.5 Å². The molecule has 1 atom stereocenters. The van der Waals surface area contributed by atoms with Crippen LogP contribution in [0.5, 0.6) is 0 Å². The zero-order chi connectivity index (χ0) is 18.6. The molecule has 1 amide bonds. The molecule has 0 radical (unpaired) electrons. The Labute approximate surface area is 149 Å². The number of nitrogens with zero attached hydrogens (tertiary/aromatic N) is 1. The summed E-state index contributed by atoms with van der Waals surface area (Å²) >= 11 is 0. The van der Waals surface area contributed by atoms with Crippen LogP contribution in [0.15, 0.2) is 24.3 Å². The summed E-state index contributed by atoms with van der Waals surface area (Å²) in [7, 11) is 0. The van der Waals surface area contributed by atoms with Crippen molar-refractivity contribution in [3.8, 4) is 0 Å². The van der Waals surface area contributed by atoms with Crippen LogP contribution in [-0.4, -0.2) is 40.8 Å². The minimum atomic E-state index is -0.875. The number of hydrogen-bond acceptors (Lipinski definition) is 3. The van der Waals surface area contributed by atoms with E-state index in [4.69, 9.17) is 0 Å². The van der Waals surface area contributed by atoms with Crippen molar-refractivity contribution in [2.24, 2.45) is 11.3 Å². The summed E-state index contributed by atoms with van der Waals surface area (Å²) in [6.45, 7) is 6.63. The third-order valence-corrected chi connectivity index (χ3v) is 4.83. The quantitative estimate of drug-likeness (QED) is 0.770. The number of carbonyl (C=O) groups excluding carboxylic acids is 2. The van der Waals surface area contributed by atoms with E-state index in [1.807, 2.05) is 24.3 Å². The minimum absolute atomic E-state index is 0.0513. The highest BCUT2D eigenvalue weighted by Gasteiger charge is 2.41. The average molecular weight is 345 g/mol. The average Bonchev–Trinajstić information content (AvgIpc) is 2.96. The second-order valence-electron chi connectivity index (χ2n) is 7.65. The number of carbonyl (C=O) groups is 3. The van der Waals surface area contributed by atoms with Crippen molar-refractivity contribution in [2.45, 2.75) is 46.5 Å². The molecule has 0 aromatic heterocycles. The molecule has 0 spiro atoms.